The molecule has 0 spiro atoms. The quantitative estimate of drug-likeness (QED) is 0.525. The lowest BCUT2D eigenvalue weighted by Gasteiger charge is -2.03. The van der Waals surface area contributed by atoms with Crippen LogP contribution in [0.1, 0.15) is 4.88 Å². The minimum absolute atomic E-state index is 0.935. The topological polar surface area (TPSA) is 12.0 Å². The molecule has 18 heavy (non-hydrogen) atoms. The molecule has 0 atom stereocenters. The van der Waals surface area contributed by atoms with E-state index < -0.39 is 0 Å². The van der Waals surface area contributed by atoms with E-state index in [1.807, 2.05) is 11.8 Å². The molecule has 0 saturated carbocycles. The largest absolute Gasteiger partial charge is 0.311 e. The van der Waals surface area contributed by atoms with Gasteiger partial charge in [0.1, 0.15) is 0 Å². The molecule has 1 N–H and O–H groups in total. The molecular formula is C13H13Br2NS2. The molecule has 96 valence electrons. The summed E-state index contributed by atoms with van der Waals surface area (Å²) >= 11 is 10.7. The fraction of sp³-hybridized carbons (Fsp3) is 0.231. The van der Waals surface area contributed by atoms with Gasteiger partial charge in [-0.15, -0.1) is 23.1 Å². The number of hydrogen-bond donors (Lipinski definition) is 1. The van der Waals surface area contributed by atoms with Gasteiger partial charge in [0.25, 0.3) is 0 Å². The van der Waals surface area contributed by atoms with E-state index >= 15 is 0 Å². The third-order valence-corrected chi connectivity index (χ3v) is 6.56. The summed E-state index contributed by atoms with van der Waals surface area (Å²) in [4.78, 5) is 2.68. The van der Waals surface area contributed by atoms with Crippen LogP contribution in [0.2, 0.25) is 0 Å². The lowest BCUT2D eigenvalue weighted by Crippen LogP contribution is -2.15. The van der Waals surface area contributed by atoms with E-state index in [9.17, 15) is 0 Å². The summed E-state index contributed by atoms with van der Waals surface area (Å²) in [6, 6.07) is 12.7. The molecule has 0 aliphatic heterocycles. The molecular weight excluding hydrogens is 394 g/mol. The van der Waals surface area contributed by atoms with Crippen molar-refractivity contribution in [2.75, 3.05) is 12.3 Å². The zero-order valence-corrected chi connectivity index (χ0v) is 14.5. The van der Waals surface area contributed by atoms with Crippen molar-refractivity contribution >= 4 is 55.0 Å². The van der Waals surface area contributed by atoms with Gasteiger partial charge in [0.05, 0.1) is 3.79 Å². The van der Waals surface area contributed by atoms with Gasteiger partial charge in [-0.1, -0.05) is 18.2 Å². The minimum atomic E-state index is 0.935. The van der Waals surface area contributed by atoms with Crippen LogP contribution in [0, 0.1) is 0 Å². The van der Waals surface area contributed by atoms with Gasteiger partial charge in [-0.05, 0) is 50.1 Å². The Balaban J connectivity index is 1.64. The van der Waals surface area contributed by atoms with Crippen molar-refractivity contribution in [3.63, 3.8) is 0 Å². The Bertz CT molecular complexity index is 465. The molecule has 0 amide bonds. The molecule has 0 unspecified atom stereocenters. The summed E-state index contributed by atoms with van der Waals surface area (Å²) < 4.78 is 2.31. The van der Waals surface area contributed by atoms with E-state index in [0.29, 0.717) is 0 Å². The fourth-order valence-corrected chi connectivity index (χ4v) is 4.43. The molecule has 5 heteroatoms. The van der Waals surface area contributed by atoms with Crippen LogP contribution in [0.5, 0.6) is 0 Å². The fourth-order valence-electron chi connectivity index (χ4n) is 1.45. The van der Waals surface area contributed by atoms with Crippen LogP contribution in [-0.2, 0) is 6.54 Å². The predicted molar refractivity (Wildman–Crippen MR) is 88.6 cm³/mol. The number of rotatable bonds is 6. The standard InChI is InChI=1S/C13H13Br2NS2/c14-12-8-11(18-13(12)15)9-16-6-7-17-10-4-2-1-3-5-10/h1-5,8,16H,6-7,9H2. The summed E-state index contributed by atoms with van der Waals surface area (Å²) in [7, 11) is 0. The summed E-state index contributed by atoms with van der Waals surface area (Å²) in [5, 5.41) is 3.46. The monoisotopic (exact) mass is 405 g/mol. The summed E-state index contributed by atoms with van der Waals surface area (Å²) in [5.74, 6) is 1.09. The first-order chi connectivity index (χ1) is 8.75. The molecule has 0 fully saturated rings. The highest BCUT2D eigenvalue weighted by molar-refractivity contribution is 9.13. The van der Waals surface area contributed by atoms with Gasteiger partial charge in [0.15, 0.2) is 0 Å². The van der Waals surface area contributed by atoms with Gasteiger partial charge in [-0.2, -0.15) is 0 Å². The van der Waals surface area contributed by atoms with E-state index in [-0.39, 0.29) is 0 Å². The van der Waals surface area contributed by atoms with Gasteiger partial charge in [0.2, 0.25) is 0 Å². The Morgan fingerprint density at radius 2 is 1.94 bits per heavy atom. The van der Waals surface area contributed by atoms with Crippen LogP contribution in [0.25, 0.3) is 0 Å². The maximum absolute atomic E-state index is 3.51. The Morgan fingerprint density at radius 3 is 2.61 bits per heavy atom. The number of thiophene rings is 1. The smallest absolute Gasteiger partial charge is 0.0843 e. The lowest BCUT2D eigenvalue weighted by atomic mass is 10.4. The molecule has 0 bridgehead atoms. The first-order valence-corrected chi connectivity index (χ1v) is 8.97. The number of benzene rings is 1. The molecule has 0 radical (unpaired) electrons. The molecule has 0 aliphatic carbocycles. The first kappa shape index (κ1) is 14.6. The Hall–Kier alpha value is 0.190. The number of hydrogen-bond acceptors (Lipinski definition) is 3. The first-order valence-electron chi connectivity index (χ1n) is 5.58. The highest BCUT2D eigenvalue weighted by Gasteiger charge is 2.03. The van der Waals surface area contributed by atoms with Crippen molar-refractivity contribution in [3.05, 3.63) is 49.5 Å². The van der Waals surface area contributed by atoms with Gasteiger partial charge in [0, 0.05) is 33.1 Å². The maximum atomic E-state index is 3.51. The molecule has 1 nitrogen and oxygen atoms in total. The zero-order chi connectivity index (χ0) is 12.8. The summed E-state index contributed by atoms with van der Waals surface area (Å²) in [6.07, 6.45) is 0. The van der Waals surface area contributed by atoms with E-state index in [4.69, 9.17) is 0 Å². The van der Waals surface area contributed by atoms with Crippen LogP contribution < -0.4 is 5.32 Å². The Labute approximate surface area is 133 Å². The van der Waals surface area contributed by atoms with Crippen molar-refractivity contribution in [1.82, 2.24) is 5.32 Å². The number of thioether (sulfide) groups is 1. The van der Waals surface area contributed by atoms with Crippen LogP contribution in [0.15, 0.2) is 49.6 Å². The van der Waals surface area contributed by atoms with E-state index in [1.54, 1.807) is 11.3 Å². The average Bonchev–Trinajstić information content (AvgIpc) is 2.70. The second kappa shape index (κ2) is 7.70. The van der Waals surface area contributed by atoms with Gasteiger partial charge in [-0.3, -0.25) is 0 Å². The second-order valence-corrected chi connectivity index (χ2v) is 8.15. The zero-order valence-electron chi connectivity index (χ0n) is 9.66. The highest BCUT2D eigenvalue weighted by Crippen LogP contribution is 2.32. The van der Waals surface area contributed by atoms with Gasteiger partial charge >= 0.3 is 0 Å². The summed E-state index contributed by atoms with van der Waals surface area (Å²) in [5.41, 5.74) is 0. The SMILES string of the molecule is Brc1cc(CNCCSc2ccccc2)sc1Br. The minimum Gasteiger partial charge on any atom is -0.311 e. The number of halogens is 2. The van der Waals surface area contributed by atoms with E-state index in [1.165, 1.54) is 9.77 Å². The average molecular weight is 407 g/mol. The molecule has 2 rings (SSSR count). The Kier molecular flexibility index (Phi) is 6.24. The van der Waals surface area contributed by atoms with E-state index in [2.05, 4.69) is 73.6 Å². The third-order valence-electron chi connectivity index (χ3n) is 2.29. The molecule has 2 aromatic rings. The van der Waals surface area contributed by atoms with Crippen molar-refractivity contribution < 1.29 is 0 Å². The second-order valence-electron chi connectivity index (χ2n) is 3.67. The van der Waals surface area contributed by atoms with Crippen LogP contribution in [0.3, 0.4) is 0 Å². The van der Waals surface area contributed by atoms with Crippen LogP contribution in [0.4, 0.5) is 0 Å². The molecule has 1 aromatic heterocycles. The van der Waals surface area contributed by atoms with Gasteiger partial charge in [-0.25, -0.2) is 0 Å². The van der Waals surface area contributed by atoms with Crippen LogP contribution in [-0.4, -0.2) is 12.3 Å². The summed E-state index contributed by atoms with van der Waals surface area (Å²) in [6.45, 7) is 1.96. The van der Waals surface area contributed by atoms with Gasteiger partial charge < -0.3 is 5.32 Å². The predicted octanol–water partition coefficient (Wildman–Crippen LogP) is 5.16. The molecule has 1 heterocycles. The third kappa shape index (κ3) is 4.70. The molecule has 0 saturated heterocycles. The molecule has 0 aliphatic rings. The van der Waals surface area contributed by atoms with Crippen LogP contribution >= 0.6 is 55.0 Å². The normalized spacial score (nSPS) is 10.8. The Morgan fingerprint density at radius 1 is 1.17 bits per heavy atom. The maximum Gasteiger partial charge on any atom is 0.0843 e. The van der Waals surface area contributed by atoms with Crippen molar-refractivity contribution in [2.24, 2.45) is 0 Å². The van der Waals surface area contributed by atoms with E-state index in [0.717, 1.165) is 27.1 Å². The van der Waals surface area contributed by atoms with Crippen molar-refractivity contribution in [3.8, 4) is 0 Å². The van der Waals surface area contributed by atoms with Crippen molar-refractivity contribution in [1.29, 1.82) is 0 Å². The highest BCUT2D eigenvalue weighted by atomic mass is 79.9. The molecule has 1 aromatic carbocycles. The number of nitrogens with one attached hydrogen (secondary N) is 1. The lowest BCUT2D eigenvalue weighted by molar-refractivity contribution is 0.741. The van der Waals surface area contributed by atoms with Crippen molar-refractivity contribution in [2.45, 2.75) is 11.4 Å².